The summed E-state index contributed by atoms with van der Waals surface area (Å²) in [5.74, 6) is -2.22. The van der Waals surface area contributed by atoms with E-state index < -0.39 is 47.6 Å². The molecule has 186 valence electrons. The zero-order valence-electron chi connectivity index (χ0n) is 18.5. The number of nitrogens with zero attached hydrogens (tertiary/aromatic N) is 3. The number of aliphatic hydroxyl groups is 1. The van der Waals surface area contributed by atoms with Gasteiger partial charge in [0, 0.05) is 5.69 Å². The molecule has 0 fully saturated rings. The minimum atomic E-state index is -4.69. The highest BCUT2D eigenvalue weighted by Gasteiger charge is 2.41. The van der Waals surface area contributed by atoms with E-state index in [0.717, 1.165) is 29.4 Å². The Labute approximate surface area is 202 Å². The van der Waals surface area contributed by atoms with E-state index in [-0.39, 0.29) is 23.2 Å². The van der Waals surface area contributed by atoms with Crippen molar-refractivity contribution in [3.8, 4) is 0 Å². The van der Waals surface area contributed by atoms with Gasteiger partial charge in [0.15, 0.2) is 0 Å². The molecule has 13 heteroatoms. The van der Waals surface area contributed by atoms with Crippen molar-refractivity contribution in [3.63, 3.8) is 0 Å². The van der Waals surface area contributed by atoms with Gasteiger partial charge in [0.05, 0.1) is 25.0 Å². The summed E-state index contributed by atoms with van der Waals surface area (Å²) in [6.07, 6.45) is -5.01. The minimum absolute atomic E-state index is 0.0506. The summed E-state index contributed by atoms with van der Waals surface area (Å²) in [6.45, 7) is 2.98. The molecule has 2 aromatic rings. The van der Waals surface area contributed by atoms with Gasteiger partial charge in [-0.05, 0) is 42.3 Å². The van der Waals surface area contributed by atoms with Crippen LogP contribution in [0.2, 0.25) is 0 Å². The number of ether oxygens (including phenoxy) is 1. The quantitative estimate of drug-likeness (QED) is 0.434. The molecule has 2 heterocycles. The van der Waals surface area contributed by atoms with Crippen LogP contribution in [0.4, 0.5) is 33.7 Å². The maximum atomic E-state index is 13.3. The largest absolute Gasteiger partial charge is 0.509 e. The number of rotatable bonds is 5. The lowest BCUT2D eigenvalue weighted by molar-refractivity contribution is -0.141. The van der Waals surface area contributed by atoms with Crippen molar-refractivity contribution in [2.24, 2.45) is 5.92 Å². The number of aliphatic hydroxyl groups excluding tert-OH is 1. The fourth-order valence-electron chi connectivity index (χ4n) is 2.98. The molecule has 2 amide bonds. The van der Waals surface area contributed by atoms with Gasteiger partial charge in [0.1, 0.15) is 27.8 Å². The number of thiocarbonyl (C=S) groups is 1. The zero-order chi connectivity index (χ0) is 25.9. The number of imide groups is 1. The number of halogens is 4. The first-order valence-electron chi connectivity index (χ1n) is 10.2. The van der Waals surface area contributed by atoms with Gasteiger partial charge in [-0.1, -0.05) is 26.1 Å². The standard InChI is InChI=1S/C22H20F4N4O4S/c1-12(2)11-34-21(33)30-20(32)18(19(35)28-14-5-3-13(23)4-6-14)16(31)10-29(30)15-7-8-17(27-9-15)22(24,25)26/h3-9,12,31H,10-11H2,1-2H3,(H,28,35). The average molecular weight is 512 g/mol. The van der Waals surface area contributed by atoms with Crippen molar-refractivity contribution in [1.82, 2.24) is 9.99 Å². The van der Waals surface area contributed by atoms with Gasteiger partial charge in [0.25, 0.3) is 5.91 Å². The first-order valence-corrected chi connectivity index (χ1v) is 10.6. The third-order valence-corrected chi connectivity index (χ3v) is 4.92. The molecule has 35 heavy (non-hydrogen) atoms. The number of amides is 2. The Morgan fingerprint density at radius 2 is 1.89 bits per heavy atom. The highest BCUT2D eigenvalue weighted by molar-refractivity contribution is 7.81. The molecule has 1 aromatic heterocycles. The van der Waals surface area contributed by atoms with Gasteiger partial charge in [-0.15, -0.1) is 5.01 Å². The number of hydrogen-bond donors (Lipinski definition) is 2. The third kappa shape index (κ3) is 6.04. The van der Waals surface area contributed by atoms with E-state index in [4.69, 9.17) is 17.0 Å². The minimum Gasteiger partial charge on any atom is -0.509 e. The number of carbonyl (C=O) groups excluding carboxylic acids is 2. The predicted octanol–water partition coefficient (Wildman–Crippen LogP) is 4.85. The van der Waals surface area contributed by atoms with E-state index >= 15 is 0 Å². The third-order valence-electron chi connectivity index (χ3n) is 4.61. The molecule has 3 rings (SSSR count). The van der Waals surface area contributed by atoms with Gasteiger partial charge in [-0.2, -0.15) is 13.2 Å². The molecule has 0 saturated carbocycles. The predicted molar refractivity (Wildman–Crippen MR) is 122 cm³/mol. The molecule has 1 aromatic carbocycles. The second kappa shape index (κ2) is 10.3. The molecule has 0 aliphatic carbocycles. The molecular weight excluding hydrogens is 492 g/mol. The fraction of sp³-hybridized carbons (Fsp3) is 0.273. The summed E-state index contributed by atoms with van der Waals surface area (Å²) in [4.78, 5) is 29.2. The lowest BCUT2D eigenvalue weighted by Gasteiger charge is -2.37. The van der Waals surface area contributed by atoms with Crippen molar-refractivity contribution in [2.75, 3.05) is 23.5 Å². The van der Waals surface area contributed by atoms with Crippen LogP contribution in [0, 0.1) is 11.7 Å². The van der Waals surface area contributed by atoms with Crippen LogP contribution in [-0.4, -0.2) is 45.2 Å². The van der Waals surface area contributed by atoms with Gasteiger partial charge in [0.2, 0.25) is 0 Å². The number of benzene rings is 1. The molecule has 0 saturated heterocycles. The highest BCUT2D eigenvalue weighted by Crippen LogP contribution is 2.31. The van der Waals surface area contributed by atoms with Crippen LogP contribution in [0.1, 0.15) is 19.5 Å². The molecule has 0 spiro atoms. The SMILES string of the molecule is CC(C)COC(=O)N1C(=O)C(C(=S)Nc2ccc(F)cc2)=C(O)CN1c1ccc(C(F)(F)F)nc1. The van der Waals surface area contributed by atoms with Crippen LogP contribution >= 0.6 is 12.2 Å². The number of hydrazine groups is 1. The summed E-state index contributed by atoms with van der Waals surface area (Å²) in [5.41, 5.74) is -1.38. The number of pyridine rings is 1. The number of carbonyl (C=O) groups is 2. The lowest BCUT2D eigenvalue weighted by Crippen LogP contribution is -2.56. The Bertz CT molecular complexity index is 1150. The lowest BCUT2D eigenvalue weighted by atomic mass is 10.1. The summed E-state index contributed by atoms with van der Waals surface area (Å²) >= 11 is 5.22. The molecule has 0 unspecified atom stereocenters. The number of hydrogen-bond acceptors (Lipinski definition) is 7. The summed E-state index contributed by atoms with van der Waals surface area (Å²) < 4.78 is 57.0. The van der Waals surface area contributed by atoms with Crippen molar-refractivity contribution in [1.29, 1.82) is 0 Å². The number of alkyl halides is 3. The number of nitrogens with one attached hydrogen (secondary N) is 1. The van der Waals surface area contributed by atoms with Crippen molar-refractivity contribution < 1.29 is 37.0 Å². The Kier molecular flexibility index (Phi) is 7.58. The fourth-order valence-corrected chi connectivity index (χ4v) is 3.30. The van der Waals surface area contributed by atoms with Crippen LogP contribution < -0.4 is 10.3 Å². The van der Waals surface area contributed by atoms with E-state index in [1.54, 1.807) is 13.8 Å². The van der Waals surface area contributed by atoms with E-state index in [0.29, 0.717) is 16.8 Å². The Hall–Kier alpha value is -3.74. The van der Waals surface area contributed by atoms with Gasteiger partial charge in [-0.25, -0.2) is 14.2 Å². The molecule has 0 bridgehead atoms. The van der Waals surface area contributed by atoms with Crippen LogP contribution in [0.15, 0.2) is 53.9 Å². The van der Waals surface area contributed by atoms with Crippen LogP contribution in [0.5, 0.6) is 0 Å². The molecule has 2 N–H and O–H groups in total. The number of anilines is 2. The van der Waals surface area contributed by atoms with Gasteiger partial charge < -0.3 is 15.2 Å². The highest BCUT2D eigenvalue weighted by atomic mass is 32.1. The first-order chi connectivity index (χ1) is 16.4. The zero-order valence-corrected chi connectivity index (χ0v) is 19.3. The second-order valence-electron chi connectivity index (χ2n) is 7.83. The van der Waals surface area contributed by atoms with Gasteiger partial charge >= 0.3 is 12.3 Å². The monoisotopic (exact) mass is 512 g/mol. The van der Waals surface area contributed by atoms with Crippen molar-refractivity contribution >= 4 is 40.6 Å². The van der Waals surface area contributed by atoms with Crippen LogP contribution in [0.3, 0.4) is 0 Å². The van der Waals surface area contributed by atoms with Crippen LogP contribution in [-0.2, 0) is 15.7 Å². The summed E-state index contributed by atoms with van der Waals surface area (Å²) in [7, 11) is 0. The molecular formula is C22H20F4N4O4S. The van der Waals surface area contributed by atoms with E-state index in [1.807, 2.05) is 0 Å². The smallest absolute Gasteiger partial charge is 0.436 e. The van der Waals surface area contributed by atoms with Gasteiger partial charge in [-0.3, -0.25) is 9.80 Å². The Morgan fingerprint density at radius 1 is 1.23 bits per heavy atom. The Morgan fingerprint density at radius 3 is 2.43 bits per heavy atom. The van der Waals surface area contributed by atoms with Crippen LogP contribution in [0.25, 0.3) is 0 Å². The molecule has 0 atom stereocenters. The Balaban J connectivity index is 1.96. The molecule has 1 aliphatic heterocycles. The normalized spacial score (nSPS) is 14.4. The molecule has 8 nitrogen and oxygen atoms in total. The average Bonchev–Trinajstić information content (AvgIpc) is 2.78. The maximum absolute atomic E-state index is 13.3. The molecule has 1 aliphatic rings. The van der Waals surface area contributed by atoms with E-state index in [2.05, 4.69) is 10.3 Å². The summed E-state index contributed by atoms with van der Waals surface area (Å²) in [5, 5.41) is 14.8. The number of aromatic nitrogens is 1. The van der Waals surface area contributed by atoms with Crippen molar-refractivity contribution in [3.05, 3.63) is 65.4 Å². The molecule has 0 radical (unpaired) electrons. The first kappa shape index (κ1) is 25.9. The second-order valence-corrected chi connectivity index (χ2v) is 8.24. The van der Waals surface area contributed by atoms with Crippen molar-refractivity contribution in [2.45, 2.75) is 20.0 Å². The van der Waals surface area contributed by atoms with E-state index in [1.165, 1.54) is 12.1 Å². The van der Waals surface area contributed by atoms with E-state index in [9.17, 15) is 32.3 Å². The maximum Gasteiger partial charge on any atom is 0.436 e. The topological polar surface area (TPSA) is 95.0 Å². The summed E-state index contributed by atoms with van der Waals surface area (Å²) in [6, 6.07) is 6.67.